The molecule has 1 aromatic carbocycles. The first-order chi connectivity index (χ1) is 13.5. The van der Waals surface area contributed by atoms with Crippen molar-refractivity contribution < 1.29 is 4.79 Å². The Kier molecular flexibility index (Phi) is 4.10. The van der Waals surface area contributed by atoms with Crippen molar-refractivity contribution in [3.63, 3.8) is 0 Å². The van der Waals surface area contributed by atoms with Crippen LogP contribution in [0.1, 0.15) is 36.9 Å². The molecule has 2 aliphatic heterocycles. The highest BCUT2D eigenvalue weighted by Gasteiger charge is 2.49. The van der Waals surface area contributed by atoms with Gasteiger partial charge in [0.05, 0.1) is 12.1 Å². The van der Waals surface area contributed by atoms with Crippen molar-refractivity contribution in [2.45, 2.75) is 56.7 Å². The molecule has 5 rings (SSSR count). The van der Waals surface area contributed by atoms with E-state index in [-0.39, 0.29) is 23.9 Å². The van der Waals surface area contributed by atoms with Gasteiger partial charge in [-0.2, -0.15) is 5.26 Å². The number of benzene rings is 1. The number of nitriles is 1. The maximum atomic E-state index is 13.4. The average molecular weight is 397 g/mol. The minimum absolute atomic E-state index is 0.0109. The van der Waals surface area contributed by atoms with Crippen LogP contribution in [0.4, 0.5) is 0 Å². The predicted octanol–water partition coefficient (Wildman–Crippen LogP) is 3.48. The number of hydrogen-bond donors (Lipinski definition) is 0. The predicted molar refractivity (Wildman–Crippen MR) is 109 cm³/mol. The second-order valence-corrected chi connectivity index (χ2v) is 9.08. The van der Waals surface area contributed by atoms with Gasteiger partial charge < -0.3 is 14.4 Å². The highest BCUT2D eigenvalue weighted by atomic mass is 35.5. The summed E-state index contributed by atoms with van der Waals surface area (Å²) < 4.78 is 2.26. The molecular weight excluding hydrogens is 372 g/mol. The highest BCUT2D eigenvalue weighted by molar-refractivity contribution is 6.31. The van der Waals surface area contributed by atoms with Crippen LogP contribution in [0.15, 0.2) is 18.2 Å². The summed E-state index contributed by atoms with van der Waals surface area (Å²) in [5.74, 6) is 0.247. The van der Waals surface area contributed by atoms with E-state index in [9.17, 15) is 10.1 Å². The fraction of sp³-hybridized carbons (Fsp3) is 0.545. The average Bonchev–Trinajstić information content (AvgIpc) is 3.36. The molecule has 4 atom stereocenters. The van der Waals surface area contributed by atoms with Crippen LogP contribution in [0.25, 0.3) is 10.9 Å². The Morgan fingerprint density at radius 2 is 2.14 bits per heavy atom. The van der Waals surface area contributed by atoms with Gasteiger partial charge in [-0.15, -0.1) is 0 Å². The first-order valence-electron chi connectivity index (χ1n) is 10.2. The van der Waals surface area contributed by atoms with Crippen LogP contribution in [0.2, 0.25) is 5.02 Å². The fourth-order valence-electron chi connectivity index (χ4n) is 5.94. The van der Waals surface area contributed by atoms with Crippen LogP contribution in [-0.4, -0.2) is 45.4 Å². The quantitative estimate of drug-likeness (QED) is 0.730. The molecule has 2 bridgehead atoms. The minimum atomic E-state index is 0.0109. The number of amides is 1. The zero-order valence-corrected chi connectivity index (χ0v) is 17.1. The molecule has 1 aliphatic carbocycles. The monoisotopic (exact) mass is 396 g/mol. The summed E-state index contributed by atoms with van der Waals surface area (Å²) >= 11 is 6.25. The van der Waals surface area contributed by atoms with E-state index in [4.69, 9.17) is 11.6 Å². The first kappa shape index (κ1) is 17.9. The van der Waals surface area contributed by atoms with E-state index in [2.05, 4.69) is 23.9 Å². The smallest absolute Gasteiger partial charge is 0.226 e. The van der Waals surface area contributed by atoms with Gasteiger partial charge in [-0.05, 0) is 62.3 Å². The number of hydrogen-bond acceptors (Lipinski definition) is 3. The number of carbonyl (C=O) groups is 1. The molecule has 146 valence electrons. The molecule has 2 aromatic rings. The van der Waals surface area contributed by atoms with Crippen LogP contribution >= 0.6 is 11.6 Å². The molecule has 0 saturated carbocycles. The number of fused-ring (bicyclic) bond motifs is 5. The number of nitrogens with zero attached hydrogens (tertiary/aromatic N) is 4. The Bertz CT molecular complexity index is 1010. The molecule has 2 fully saturated rings. The van der Waals surface area contributed by atoms with Gasteiger partial charge in [-0.25, -0.2) is 0 Å². The maximum Gasteiger partial charge on any atom is 0.226 e. The van der Waals surface area contributed by atoms with Gasteiger partial charge in [0.1, 0.15) is 0 Å². The minimum Gasteiger partial charge on any atom is -0.347 e. The second kappa shape index (κ2) is 6.42. The number of carbonyl (C=O) groups excluding carboxylic acids is 1. The molecular formula is C22H25ClN4O. The lowest BCUT2D eigenvalue weighted by Crippen LogP contribution is -2.47. The second-order valence-electron chi connectivity index (χ2n) is 8.64. The lowest BCUT2D eigenvalue weighted by Gasteiger charge is -2.34. The Morgan fingerprint density at radius 1 is 1.32 bits per heavy atom. The molecule has 2 saturated heterocycles. The van der Waals surface area contributed by atoms with E-state index >= 15 is 0 Å². The molecule has 5 nitrogen and oxygen atoms in total. The van der Waals surface area contributed by atoms with Crippen LogP contribution < -0.4 is 0 Å². The molecule has 3 aliphatic rings. The van der Waals surface area contributed by atoms with Crippen molar-refractivity contribution in [1.82, 2.24) is 14.4 Å². The first-order valence-corrected chi connectivity index (χ1v) is 10.6. The summed E-state index contributed by atoms with van der Waals surface area (Å²) in [6, 6.07) is 6.75. The Labute approximate surface area is 170 Å². The lowest BCUT2D eigenvalue weighted by atomic mass is 9.84. The van der Waals surface area contributed by atoms with Gasteiger partial charge in [-0.1, -0.05) is 11.6 Å². The van der Waals surface area contributed by atoms with Gasteiger partial charge in [0.15, 0.2) is 6.19 Å². The van der Waals surface area contributed by atoms with Gasteiger partial charge in [0, 0.05) is 47.7 Å². The molecule has 6 heteroatoms. The van der Waals surface area contributed by atoms with Crippen LogP contribution in [0.5, 0.6) is 0 Å². The summed E-state index contributed by atoms with van der Waals surface area (Å²) in [4.78, 5) is 17.3. The molecule has 0 spiro atoms. The van der Waals surface area contributed by atoms with Crippen molar-refractivity contribution in [2.24, 2.45) is 13.0 Å². The van der Waals surface area contributed by atoms with Crippen molar-refractivity contribution >= 4 is 28.4 Å². The summed E-state index contributed by atoms with van der Waals surface area (Å²) in [5, 5.41) is 11.3. The van der Waals surface area contributed by atoms with E-state index in [1.807, 2.05) is 29.0 Å². The summed E-state index contributed by atoms with van der Waals surface area (Å²) in [6.45, 7) is 0. The van der Waals surface area contributed by atoms with Crippen molar-refractivity contribution in [2.75, 3.05) is 7.05 Å². The van der Waals surface area contributed by atoms with Crippen LogP contribution in [-0.2, 0) is 24.7 Å². The molecule has 28 heavy (non-hydrogen) atoms. The van der Waals surface area contributed by atoms with E-state index in [1.54, 1.807) is 0 Å². The van der Waals surface area contributed by atoms with Crippen LogP contribution in [0, 0.1) is 17.4 Å². The number of rotatable bonds is 2. The Morgan fingerprint density at radius 3 is 2.89 bits per heavy atom. The van der Waals surface area contributed by atoms with Crippen molar-refractivity contribution in [3.05, 3.63) is 34.5 Å². The number of aromatic nitrogens is 1. The normalized spacial score (nSPS) is 28.4. The van der Waals surface area contributed by atoms with Gasteiger partial charge in [0.25, 0.3) is 0 Å². The fourth-order valence-corrected chi connectivity index (χ4v) is 6.11. The molecule has 1 aromatic heterocycles. The molecule has 0 radical (unpaired) electrons. The van der Waals surface area contributed by atoms with E-state index in [0.717, 1.165) is 43.5 Å². The summed E-state index contributed by atoms with van der Waals surface area (Å²) in [6.07, 6.45) is 7.97. The third kappa shape index (κ3) is 2.47. The van der Waals surface area contributed by atoms with Gasteiger partial charge in [0.2, 0.25) is 5.91 Å². The van der Waals surface area contributed by atoms with Crippen LogP contribution in [0.3, 0.4) is 0 Å². The number of halogens is 1. The Balaban J connectivity index is 1.40. The van der Waals surface area contributed by atoms with E-state index < -0.39 is 0 Å². The maximum absolute atomic E-state index is 13.4. The molecule has 1 amide bonds. The van der Waals surface area contributed by atoms with E-state index in [0.29, 0.717) is 6.04 Å². The number of aryl methyl sites for hydroxylation is 1. The highest BCUT2D eigenvalue weighted by Crippen LogP contribution is 2.41. The van der Waals surface area contributed by atoms with Crippen molar-refractivity contribution in [1.29, 1.82) is 5.26 Å². The standard InChI is InChI=1S/C22H25ClN4O/c1-25-18-6-3-13(9-16(18)17-10-14(23)4-7-19(17)25)22(28)26(2)21-11-15-5-8-20(21)27(15)12-24/h4,7,10,13,15,20-21H,3,5-6,8-9,11H2,1-2H3/t13-,15-,20+,21+/m0/s1. The molecule has 0 N–H and O–H groups in total. The van der Waals surface area contributed by atoms with Gasteiger partial charge >= 0.3 is 0 Å². The molecule has 0 unspecified atom stereocenters. The Hall–Kier alpha value is -2.19. The van der Waals surface area contributed by atoms with E-state index in [1.165, 1.54) is 22.2 Å². The molecule has 3 heterocycles. The zero-order valence-electron chi connectivity index (χ0n) is 16.4. The van der Waals surface area contributed by atoms with Crippen molar-refractivity contribution in [3.8, 4) is 6.19 Å². The van der Waals surface area contributed by atoms with Gasteiger partial charge in [-0.3, -0.25) is 4.79 Å². The third-order valence-electron chi connectivity index (χ3n) is 7.39. The summed E-state index contributed by atoms with van der Waals surface area (Å²) in [7, 11) is 4.05. The topological polar surface area (TPSA) is 52.3 Å². The number of likely N-dealkylation sites (N-methyl/N-ethyl adjacent to an activating group) is 1. The zero-order chi connectivity index (χ0) is 19.6. The SMILES string of the molecule is CN(C(=O)[C@H]1CCc2c(c3cc(Cl)ccc3n2C)C1)[C@@H]1C[C@@H]2CC[C@H]1N2C#N. The lowest BCUT2D eigenvalue weighted by molar-refractivity contribution is -0.137. The largest absolute Gasteiger partial charge is 0.347 e. The summed E-state index contributed by atoms with van der Waals surface area (Å²) in [5.41, 5.74) is 3.80. The third-order valence-corrected chi connectivity index (χ3v) is 7.63.